The number of carboxylic acid groups (broad SMARTS) is 2. The van der Waals surface area contributed by atoms with Gasteiger partial charge < -0.3 is 14.9 Å². The van der Waals surface area contributed by atoms with Crippen LogP contribution < -0.4 is 0 Å². The van der Waals surface area contributed by atoms with Crippen molar-refractivity contribution in [2.75, 3.05) is 0 Å². The molecule has 2 N–H and O–H groups in total. The zero-order valence-corrected chi connectivity index (χ0v) is 14.7. The Labute approximate surface area is 156 Å². The average molecular weight is 374 g/mol. The van der Waals surface area contributed by atoms with Crippen LogP contribution in [0.3, 0.4) is 0 Å². The number of rotatable bonds is 4. The molecule has 2 fully saturated rings. The molecule has 2 saturated carbocycles. The summed E-state index contributed by atoms with van der Waals surface area (Å²) in [6.45, 7) is 0. The molecule has 0 aromatic heterocycles. The number of fused-ring (bicyclic) bond motifs is 2. The van der Waals surface area contributed by atoms with Crippen LogP contribution in [0.5, 0.6) is 0 Å². The van der Waals surface area contributed by atoms with Crippen LogP contribution in [0.4, 0.5) is 0 Å². The van der Waals surface area contributed by atoms with Gasteiger partial charge in [-0.2, -0.15) is 0 Å². The summed E-state index contributed by atoms with van der Waals surface area (Å²) in [7, 11) is 0. The molecule has 8 unspecified atom stereocenters. The first kappa shape index (κ1) is 17.9. The number of hydrogen-bond acceptors (Lipinski definition) is 5. The lowest BCUT2D eigenvalue weighted by Gasteiger charge is -2.20. The highest BCUT2D eigenvalue weighted by Gasteiger charge is 2.53. The molecule has 0 bridgehead atoms. The summed E-state index contributed by atoms with van der Waals surface area (Å²) in [4.78, 5) is 48.2. The number of aliphatic carboxylic acids is 2. The first-order valence-corrected chi connectivity index (χ1v) is 9.43. The molecule has 144 valence electrons. The summed E-state index contributed by atoms with van der Waals surface area (Å²) >= 11 is 0. The smallest absolute Gasteiger partial charge is 0.316 e. The summed E-state index contributed by atoms with van der Waals surface area (Å²) < 4.78 is 5.17. The number of carboxylic acids is 2. The number of carbonyl (C=O) groups is 4. The highest BCUT2D eigenvalue weighted by atomic mass is 16.6. The maximum atomic E-state index is 12.6. The van der Waals surface area contributed by atoms with E-state index in [1.54, 1.807) is 0 Å². The summed E-state index contributed by atoms with van der Waals surface area (Å²) in [5.41, 5.74) is 0. The van der Waals surface area contributed by atoms with E-state index in [-0.39, 0.29) is 36.5 Å². The zero-order chi connectivity index (χ0) is 19.3. The first-order chi connectivity index (χ1) is 12.9. The second-order valence-electron chi connectivity index (χ2n) is 8.12. The third-order valence-corrected chi connectivity index (χ3v) is 6.94. The third kappa shape index (κ3) is 2.89. The van der Waals surface area contributed by atoms with Crippen molar-refractivity contribution in [1.29, 1.82) is 0 Å². The van der Waals surface area contributed by atoms with Crippen molar-refractivity contribution in [3.8, 4) is 0 Å². The van der Waals surface area contributed by atoms with Crippen molar-refractivity contribution in [1.82, 2.24) is 0 Å². The molecule has 4 aliphatic carbocycles. The molecule has 0 saturated heterocycles. The van der Waals surface area contributed by atoms with Crippen molar-refractivity contribution in [2.24, 2.45) is 47.3 Å². The summed E-state index contributed by atoms with van der Waals surface area (Å²) in [5, 5.41) is 18.8. The summed E-state index contributed by atoms with van der Waals surface area (Å²) in [6, 6.07) is 0. The van der Waals surface area contributed by atoms with Crippen LogP contribution in [-0.4, -0.2) is 34.1 Å². The quantitative estimate of drug-likeness (QED) is 0.438. The van der Waals surface area contributed by atoms with E-state index in [1.165, 1.54) is 0 Å². The first-order valence-electron chi connectivity index (χ1n) is 9.43. The van der Waals surface area contributed by atoms with Gasteiger partial charge in [0.05, 0.1) is 23.7 Å². The highest BCUT2D eigenvalue weighted by Crippen LogP contribution is 2.50. The third-order valence-electron chi connectivity index (χ3n) is 6.94. The van der Waals surface area contributed by atoms with Crippen LogP contribution in [0.25, 0.3) is 0 Å². The Bertz CT molecular complexity index is 689. The molecular formula is C20H22O7. The normalized spacial score (nSPS) is 41.3. The van der Waals surface area contributed by atoms with Crippen LogP contribution in [0.2, 0.25) is 0 Å². The molecule has 0 aliphatic heterocycles. The minimum atomic E-state index is -0.932. The Morgan fingerprint density at radius 1 is 0.704 bits per heavy atom. The van der Waals surface area contributed by atoms with Gasteiger partial charge in [-0.05, 0) is 49.4 Å². The van der Waals surface area contributed by atoms with E-state index in [9.17, 15) is 29.4 Å². The van der Waals surface area contributed by atoms with E-state index in [2.05, 4.69) is 0 Å². The molecule has 0 aromatic rings. The van der Waals surface area contributed by atoms with Crippen molar-refractivity contribution in [2.45, 2.75) is 25.7 Å². The van der Waals surface area contributed by atoms with Crippen molar-refractivity contribution < 1.29 is 34.1 Å². The van der Waals surface area contributed by atoms with Gasteiger partial charge in [0.1, 0.15) is 0 Å². The number of ether oxygens (including phenoxy) is 1. The lowest BCUT2D eigenvalue weighted by atomic mass is 9.89. The predicted molar refractivity (Wildman–Crippen MR) is 91.0 cm³/mol. The van der Waals surface area contributed by atoms with Crippen LogP contribution in [0.15, 0.2) is 24.3 Å². The van der Waals surface area contributed by atoms with Gasteiger partial charge in [-0.15, -0.1) is 0 Å². The van der Waals surface area contributed by atoms with E-state index < -0.39 is 47.5 Å². The Kier molecular flexibility index (Phi) is 4.40. The molecule has 0 heterocycles. The van der Waals surface area contributed by atoms with Gasteiger partial charge >= 0.3 is 23.9 Å². The molecule has 0 amide bonds. The van der Waals surface area contributed by atoms with Crippen molar-refractivity contribution >= 4 is 23.9 Å². The number of allylic oxidation sites excluding steroid dienone is 4. The molecular weight excluding hydrogens is 352 g/mol. The predicted octanol–water partition coefficient (Wildman–Crippen LogP) is 1.88. The van der Waals surface area contributed by atoms with Crippen LogP contribution >= 0.6 is 0 Å². The molecule has 4 rings (SSSR count). The van der Waals surface area contributed by atoms with Gasteiger partial charge in [0.25, 0.3) is 0 Å². The van der Waals surface area contributed by atoms with Gasteiger partial charge in [0.2, 0.25) is 0 Å². The van der Waals surface area contributed by atoms with Crippen LogP contribution in [0.1, 0.15) is 25.7 Å². The molecule has 0 aromatic carbocycles. The SMILES string of the molecule is O=C(O)C1CC(C(=O)OC(=O)C2CC(C(=O)O)C3C=CCC23)C2CC=CC12. The monoisotopic (exact) mass is 374 g/mol. The fraction of sp³-hybridized carbons (Fsp3) is 0.600. The van der Waals surface area contributed by atoms with E-state index in [1.807, 2.05) is 24.3 Å². The fourth-order valence-corrected chi connectivity index (χ4v) is 5.65. The zero-order valence-electron chi connectivity index (χ0n) is 14.7. The fourth-order valence-electron chi connectivity index (χ4n) is 5.65. The maximum Gasteiger partial charge on any atom is 0.316 e. The molecule has 0 radical (unpaired) electrons. The molecule has 8 atom stereocenters. The Balaban J connectivity index is 1.44. The lowest BCUT2D eigenvalue weighted by Crippen LogP contribution is -2.30. The van der Waals surface area contributed by atoms with Gasteiger partial charge in [-0.3, -0.25) is 19.2 Å². The lowest BCUT2D eigenvalue weighted by molar-refractivity contribution is -0.167. The second kappa shape index (κ2) is 6.62. The van der Waals surface area contributed by atoms with Crippen LogP contribution in [-0.2, 0) is 23.9 Å². The summed E-state index contributed by atoms with van der Waals surface area (Å²) in [6.07, 6.45) is 9.05. The van der Waals surface area contributed by atoms with E-state index in [0.29, 0.717) is 12.8 Å². The minimum Gasteiger partial charge on any atom is -0.481 e. The Morgan fingerprint density at radius 3 is 1.48 bits per heavy atom. The van der Waals surface area contributed by atoms with E-state index >= 15 is 0 Å². The number of carbonyl (C=O) groups excluding carboxylic acids is 2. The molecule has 7 heteroatoms. The molecule has 4 aliphatic rings. The van der Waals surface area contributed by atoms with Crippen molar-refractivity contribution in [3.63, 3.8) is 0 Å². The van der Waals surface area contributed by atoms with E-state index in [4.69, 9.17) is 4.74 Å². The highest BCUT2D eigenvalue weighted by molar-refractivity contribution is 5.90. The molecule has 7 nitrogen and oxygen atoms in total. The number of hydrogen-bond donors (Lipinski definition) is 2. The Morgan fingerprint density at radius 2 is 1.11 bits per heavy atom. The average Bonchev–Trinajstić information content (AvgIpc) is 3.33. The van der Waals surface area contributed by atoms with Gasteiger partial charge in [0.15, 0.2) is 0 Å². The van der Waals surface area contributed by atoms with Crippen molar-refractivity contribution in [3.05, 3.63) is 24.3 Å². The topological polar surface area (TPSA) is 118 Å². The van der Waals surface area contributed by atoms with E-state index in [0.717, 1.165) is 0 Å². The summed E-state index contributed by atoms with van der Waals surface area (Å²) in [5.74, 6) is -6.33. The maximum absolute atomic E-state index is 12.6. The van der Waals surface area contributed by atoms with Gasteiger partial charge in [0, 0.05) is 0 Å². The number of esters is 2. The largest absolute Gasteiger partial charge is 0.481 e. The van der Waals surface area contributed by atoms with Crippen LogP contribution in [0, 0.1) is 47.3 Å². The van der Waals surface area contributed by atoms with Gasteiger partial charge in [-0.25, -0.2) is 0 Å². The molecule has 27 heavy (non-hydrogen) atoms. The Hall–Kier alpha value is -2.44. The second-order valence-corrected chi connectivity index (χ2v) is 8.12. The van der Waals surface area contributed by atoms with Gasteiger partial charge in [-0.1, -0.05) is 24.3 Å². The molecule has 0 spiro atoms. The standard InChI is InChI=1S/C20H22O7/c21-17(22)13-7-15(11-5-1-3-9(11)13)19(25)27-20(26)16-8-14(18(23)24)10-4-2-6-12(10)16/h1-4,9-16H,5-8H2,(H,21,22)(H,23,24). The minimum absolute atomic E-state index is 0.136.